The van der Waals surface area contributed by atoms with Crippen LogP contribution >= 0.6 is 11.8 Å². The van der Waals surface area contributed by atoms with E-state index >= 15 is 0 Å². The highest BCUT2D eigenvalue weighted by atomic mass is 32.2. The van der Waals surface area contributed by atoms with Crippen molar-refractivity contribution >= 4 is 35.1 Å². The molecule has 132 valence electrons. The minimum atomic E-state index is -0.372. The maximum Gasteiger partial charge on any atom is 0.238 e. The number of carbonyl (C=O) groups is 2. The molecular formula is C18H21N3O3S. The van der Waals surface area contributed by atoms with Crippen LogP contribution in [0.1, 0.15) is 30.2 Å². The number of carbonyl (C=O) groups excluding carboxylic acids is 2. The Balaban J connectivity index is 1.45. The predicted molar refractivity (Wildman–Crippen MR) is 98.9 cm³/mol. The van der Waals surface area contributed by atoms with Gasteiger partial charge in [-0.05, 0) is 56.4 Å². The van der Waals surface area contributed by atoms with Crippen molar-refractivity contribution in [3.63, 3.8) is 0 Å². The van der Waals surface area contributed by atoms with Crippen molar-refractivity contribution in [2.75, 3.05) is 16.4 Å². The van der Waals surface area contributed by atoms with Gasteiger partial charge >= 0.3 is 0 Å². The standard InChI is InChI=1S/C18H21N3O3S/c1-11-8-16(21-24-11)20-18(23)12(2)25-10-17(22)19-15-7-6-13-4-3-5-14(13)9-15/h6-9,12H,3-5,10H2,1-2H3,(H,19,22)(H,20,21,23)/t12-/m0/s1. The smallest absolute Gasteiger partial charge is 0.238 e. The number of anilines is 2. The number of aromatic nitrogens is 1. The topological polar surface area (TPSA) is 84.2 Å². The first-order valence-electron chi connectivity index (χ1n) is 8.29. The van der Waals surface area contributed by atoms with Crippen LogP contribution in [0.5, 0.6) is 0 Å². The molecule has 2 N–H and O–H groups in total. The molecule has 1 aromatic carbocycles. The lowest BCUT2D eigenvalue weighted by molar-refractivity contribution is -0.115. The molecule has 0 unspecified atom stereocenters. The Kier molecular flexibility index (Phi) is 5.43. The van der Waals surface area contributed by atoms with Crippen LogP contribution in [0, 0.1) is 6.92 Å². The monoisotopic (exact) mass is 359 g/mol. The number of thioether (sulfide) groups is 1. The van der Waals surface area contributed by atoms with Gasteiger partial charge in [-0.2, -0.15) is 0 Å². The lowest BCUT2D eigenvalue weighted by atomic mass is 10.1. The summed E-state index contributed by atoms with van der Waals surface area (Å²) < 4.78 is 4.91. The first kappa shape index (κ1) is 17.5. The van der Waals surface area contributed by atoms with E-state index in [9.17, 15) is 9.59 Å². The van der Waals surface area contributed by atoms with Gasteiger partial charge in [0.1, 0.15) is 5.76 Å². The number of fused-ring (bicyclic) bond motifs is 1. The van der Waals surface area contributed by atoms with Gasteiger partial charge in [0.15, 0.2) is 5.82 Å². The summed E-state index contributed by atoms with van der Waals surface area (Å²) in [4.78, 5) is 24.2. The summed E-state index contributed by atoms with van der Waals surface area (Å²) in [5, 5.41) is 8.92. The van der Waals surface area contributed by atoms with Crippen molar-refractivity contribution in [1.82, 2.24) is 5.16 Å². The van der Waals surface area contributed by atoms with Crippen molar-refractivity contribution < 1.29 is 14.1 Å². The second-order valence-corrected chi connectivity index (χ2v) is 7.48. The molecule has 2 aromatic rings. The Morgan fingerprint density at radius 2 is 2.04 bits per heavy atom. The Hall–Kier alpha value is -2.28. The molecule has 25 heavy (non-hydrogen) atoms. The SMILES string of the molecule is Cc1cc(NC(=O)[C@H](C)SCC(=O)Nc2ccc3c(c2)CCC3)no1. The summed E-state index contributed by atoms with van der Waals surface area (Å²) in [6.07, 6.45) is 3.38. The first-order valence-corrected chi connectivity index (χ1v) is 9.33. The number of aryl methyl sites for hydroxylation is 3. The lowest BCUT2D eigenvalue weighted by Gasteiger charge is -2.11. The maximum absolute atomic E-state index is 12.1. The number of rotatable bonds is 6. The third kappa shape index (κ3) is 4.63. The molecule has 0 fully saturated rings. The van der Waals surface area contributed by atoms with Gasteiger partial charge in [0.2, 0.25) is 11.8 Å². The molecule has 3 rings (SSSR count). The third-order valence-electron chi connectivity index (χ3n) is 4.10. The van der Waals surface area contributed by atoms with E-state index in [1.807, 2.05) is 12.1 Å². The van der Waals surface area contributed by atoms with Crippen LogP contribution in [0.2, 0.25) is 0 Å². The second kappa shape index (κ2) is 7.74. The van der Waals surface area contributed by atoms with Crippen LogP contribution in [-0.2, 0) is 22.4 Å². The predicted octanol–water partition coefficient (Wildman–Crippen LogP) is 3.17. The Morgan fingerprint density at radius 1 is 1.24 bits per heavy atom. The molecule has 1 atom stereocenters. The number of benzene rings is 1. The fourth-order valence-electron chi connectivity index (χ4n) is 2.78. The highest BCUT2D eigenvalue weighted by Gasteiger charge is 2.17. The van der Waals surface area contributed by atoms with E-state index in [0.29, 0.717) is 11.6 Å². The molecule has 0 saturated carbocycles. The molecule has 0 saturated heterocycles. The number of amides is 2. The van der Waals surface area contributed by atoms with Crippen LogP contribution in [0.15, 0.2) is 28.8 Å². The van der Waals surface area contributed by atoms with Crippen LogP contribution in [0.4, 0.5) is 11.5 Å². The van der Waals surface area contributed by atoms with Crippen LogP contribution in [0.25, 0.3) is 0 Å². The molecule has 2 amide bonds. The maximum atomic E-state index is 12.1. The van der Waals surface area contributed by atoms with Gasteiger partial charge in [0.25, 0.3) is 0 Å². The Bertz CT molecular complexity index is 788. The summed E-state index contributed by atoms with van der Waals surface area (Å²) in [6, 6.07) is 7.72. The molecule has 1 heterocycles. The van der Waals surface area contributed by atoms with Gasteiger partial charge in [-0.25, -0.2) is 0 Å². The Labute approximate surface area is 150 Å². The van der Waals surface area contributed by atoms with Crippen molar-refractivity contribution in [2.45, 2.75) is 38.4 Å². The quantitative estimate of drug-likeness (QED) is 0.827. The molecule has 0 bridgehead atoms. The van der Waals surface area contributed by atoms with Gasteiger partial charge in [0.05, 0.1) is 11.0 Å². The second-order valence-electron chi connectivity index (χ2n) is 6.15. The summed E-state index contributed by atoms with van der Waals surface area (Å²) in [6.45, 7) is 3.51. The zero-order valence-electron chi connectivity index (χ0n) is 14.3. The number of nitrogens with zero attached hydrogens (tertiary/aromatic N) is 1. The zero-order chi connectivity index (χ0) is 17.8. The zero-order valence-corrected chi connectivity index (χ0v) is 15.1. The fourth-order valence-corrected chi connectivity index (χ4v) is 3.46. The van der Waals surface area contributed by atoms with E-state index in [0.717, 1.165) is 18.5 Å². The van der Waals surface area contributed by atoms with E-state index in [2.05, 4.69) is 21.9 Å². The highest BCUT2D eigenvalue weighted by Crippen LogP contribution is 2.25. The van der Waals surface area contributed by atoms with Crippen molar-refractivity contribution in [3.05, 3.63) is 41.2 Å². The molecular weight excluding hydrogens is 338 g/mol. The Morgan fingerprint density at radius 3 is 2.80 bits per heavy atom. The van der Waals surface area contributed by atoms with Gasteiger partial charge in [0, 0.05) is 11.8 Å². The minimum absolute atomic E-state index is 0.111. The van der Waals surface area contributed by atoms with Crippen LogP contribution in [-0.4, -0.2) is 28.0 Å². The van der Waals surface area contributed by atoms with Gasteiger partial charge in [-0.15, -0.1) is 11.8 Å². The van der Waals surface area contributed by atoms with E-state index < -0.39 is 0 Å². The molecule has 1 aliphatic carbocycles. The van der Waals surface area contributed by atoms with Crippen molar-refractivity contribution in [2.24, 2.45) is 0 Å². The molecule has 6 nitrogen and oxygen atoms in total. The van der Waals surface area contributed by atoms with E-state index in [-0.39, 0.29) is 22.8 Å². The van der Waals surface area contributed by atoms with E-state index in [1.54, 1.807) is 19.9 Å². The summed E-state index contributed by atoms with van der Waals surface area (Å²) >= 11 is 1.28. The largest absolute Gasteiger partial charge is 0.360 e. The summed E-state index contributed by atoms with van der Waals surface area (Å²) in [5.41, 5.74) is 3.52. The molecule has 1 aliphatic rings. The van der Waals surface area contributed by atoms with E-state index in [4.69, 9.17) is 4.52 Å². The number of nitrogens with one attached hydrogen (secondary N) is 2. The summed E-state index contributed by atoms with van der Waals surface area (Å²) in [7, 11) is 0. The third-order valence-corrected chi connectivity index (χ3v) is 5.24. The summed E-state index contributed by atoms with van der Waals surface area (Å²) in [5.74, 6) is 0.911. The molecule has 7 heteroatoms. The average molecular weight is 359 g/mol. The van der Waals surface area contributed by atoms with Crippen molar-refractivity contribution in [3.8, 4) is 0 Å². The van der Waals surface area contributed by atoms with Crippen LogP contribution < -0.4 is 10.6 Å². The van der Waals surface area contributed by atoms with Crippen molar-refractivity contribution in [1.29, 1.82) is 0 Å². The molecule has 0 aliphatic heterocycles. The van der Waals surface area contributed by atoms with Gasteiger partial charge in [-0.1, -0.05) is 11.2 Å². The average Bonchev–Trinajstić information content (AvgIpc) is 3.20. The molecule has 1 aromatic heterocycles. The fraction of sp³-hybridized carbons (Fsp3) is 0.389. The first-order chi connectivity index (χ1) is 12.0. The minimum Gasteiger partial charge on any atom is -0.360 e. The van der Waals surface area contributed by atoms with Crippen LogP contribution in [0.3, 0.4) is 0 Å². The molecule has 0 spiro atoms. The van der Waals surface area contributed by atoms with Gasteiger partial charge in [-0.3, -0.25) is 9.59 Å². The van der Waals surface area contributed by atoms with E-state index in [1.165, 1.54) is 29.3 Å². The highest BCUT2D eigenvalue weighted by molar-refractivity contribution is 8.01. The normalized spacial score (nSPS) is 14.0. The molecule has 0 radical (unpaired) electrons. The van der Waals surface area contributed by atoms with Gasteiger partial charge < -0.3 is 15.2 Å². The lowest BCUT2D eigenvalue weighted by Crippen LogP contribution is -2.25. The number of hydrogen-bond acceptors (Lipinski definition) is 5. The number of hydrogen-bond donors (Lipinski definition) is 2.